The maximum absolute atomic E-state index is 13.7. The molecule has 3 N–H and O–H groups in total. The molecule has 182 valence electrons. The minimum Gasteiger partial charge on any atom is -0.465 e. The van der Waals surface area contributed by atoms with Gasteiger partial charge in [-0.3, -0.25) is 14.4 Å². The van der Waals surface area contributed by atoms with Crippen LogP contribution in [0.1, 0.15) is 46.5 Å². The summed E-state index contributed by atoms with van der Waals surface area (Å²) in [7, 11) is 0. The van der Waals surface area contributed by atoms with Gasteiger partial charge in [-0.15, -0.1) is 0 Å². The van der Waals surface area contributed by atoms with Gasteiger partial charge in [-0.05, 0) is 37.2 Å². The third kappa shape index (κ3) is 2.54. The Morgan fingerprint density at radius 2 is 1.91 bits per heavy atom. The summed E-state index contributed by atoms with van der Waals surface area (Å²) < 4.78 is 17.0. The van der Waals surface area contributed by atoms with Gasteiger partial charge in [0.25, 0.3) is 0 Å². The molecule has 0 aromatic rings. The van der Waals surface area contributed by atoms with Gasteiger partial charge in [0, 0.05) is 36.5 Å². The third-order valence-corrected chi connectivity index (χ3v) is 9.52. The lowest BCUT2D eigenvalue weighted by Crippen LogP contribution is -2.85. The lowest BCUT2D eigenvalue weighted by atomic mass is 9.35. The van der Waals surface area contributed by atoms with Crippen LogP contribution in [0.2, 0.25) is 0 Å². The van der Waals surface area contributed by atoms with Gasteiger partial charge >= 0.3 is 11.9 Å². The van der Waals surface area contributed by atoms with E-state index in [-0.39, 0.29) is 25.6 Å². The minimum absolute atomic E-state index is 0.0180. The molecular weight excluding hydrogens is 432 g/mol. The van der Waals surface area contributed by atoms with Crippen LogP contribution in [0, 0.1) is 34.0 Å². The molecular formula is C24H32O9. The maximum Gasteiger partial charge on any atom is 0.302 e. The Morgan fingerprint density at radius 1 is 1.21 bits per heavy atom. The van der Waals surface area contributed by atoms with Gasteiger partial charge < -0.3 is 29.5 Å². The summed E-state index contributed by atoms with van der Waals surface area (Å²) in [5.74, 6) is -5.50. The minimum atomic E-state index is -2.24. The van der Waals surface area contributed by atoms with Crippen molar-refractivity contribution in [1.82, 2.24) is 0 Å². The first-order valence-corrected chi connectivity index (χ1v) is 11.6. The Labute approximate surface area is 192 Å². The Kier molecular flexibility index (Phi) is 4.78. The summed E-state index contributed by atoms with van der Waals surface area (Å²) in [4.78, 5) is 37.4. The molecule has 2 spiro atoms. The molecule has 4 saturated carbocycles. The van der Waals surface area contributed by atoms with Crippen molar-refractivity contribution in [1.29, 1.82) is 0 Å². The lowest BCUT2D eigenvalue weighted by molar-refractivity contribution is -0.457. The molecule has 2 aliphatic heterocycles. The second-order valence-electron chi connectivity index (χ2n) is 11.1. The molecule has 4 aliphatic carbocycles. The molecule has 2 heterocycles. The number of ketones is 1. The van der Waals surface area contributed by atoms with E-state index in [0.29, 0.717) is 24.8 Å². The monoisotopic (exact) mass is 464 g/mol. The number of allylic oxidation sites excluding steroid dienone is 1. The van der Waals surface area contributed by atoms with Crippen molar-refractivity contribution in [3.8, 4) is 0 Å². The molecule has 33 heavy (non-hydrogen) atoms. The molecule has 10 atom stereocenters. The number of fused-ring (bicyclic) bond motifs is 2. The molecule has 6 fully saturated rings. The summed E-state index contributed by atoms with van der Waals surface area (Å²) in [5.41, 5.74) is -3.25. The number of esters is 2. The molecule has 9 heteroatoms. The molecule has 4 bridgehead atoms. The van der Waals surface area contributed by atoms with Crippen LogP contribution in [0.5, 0.6) is 0 Å². The van der Waals surface area contributed by atoms with Crippen molar-refractivity contribution in [2.75, 3.05) is 13.2 Å². The van der Waals surface area contributed by atoms with E-state index in [1.807, 2.05) is 6.92 Å². The highest BCUT2D eigenvalue weighted by Crippen LogP contribution is 2.76. The van der Waals surface area contributed by atoms with Crippen molar-refractivity contribution < 1.29 is 43.9 Å². The zero-order valence-corrected chi connectivity index (χ0v) is 19.2. The zero-order chi connectivity index (χ0) is 24.1. The van der Waals surface area contributed by atoms with Crippen LogP contribution < -0.4 is 0 Å². The van der Waals surface area contributed by atoms with E-state index in [1.165, 1.54) is 13.8 Å². The quantitative estimate of drug-likeness (QED) is 0.402. The Balaban J connectivity index is 1.73. The zero-order valence-electron chi connectivity index (χ0n) is 19.2. The van der Waals surface area contributed by atoms with Crippen LogP contribution in [-0.4, -0.2) is 70.4 Å². The first-order chi connectivity index (χ1) is 15.3. The third-order valence-electron chi connectivity index (χ3n) is 9.52. The summed E-state index contributed by atoms with van der Waals surface area (Å²) in [5, 5.41) is 35.1. The number of rotatable bonds is 3. The molecule has 0 unspecified atom stereocenters. The molecule has 0 aromatic heterocycles. The highest BCUT2D eigenvalue weighted by Gasteiger charge is 2.86. The van der Waals surface area contributed by atoms with Gasteiger partial charge in [0.1, 0.15) is 12.2 Å². The van der Waals surface area contributed by atoms with Gasteiger partial charge in [-0.1, -0.05) is 13.5 Å². The van der Waals surface area contributed by atoms with Gasteiger partial charge in [-0.25, -0.2) is 0 Å². The molecule has 6 rings (SSSR count). The molecule has 0 amide bonds. The number of Topliss-reactive ketones (excluding diaryl/α,β-unsaturated/α-hetero) is 1. The smallest absolute Gasteiger partial charge is 0.302 e. The van der Waals surface area contributed by atoms with Crippen molar-refractivity contribution >= 4 is 17.7 Å². The Morgan fingerprint density at radius 3 is 2.55 bits per heavy atom. The molecule has 6 aliphatic rings. The fourth-order valence-corrected chi connectivity index (χ4v) is 8.44. The van der Waals surface area contributed by atoms with Crippen LogP contribution in [0.25, 0.3) is 0 Å². The second kappa shape index (κ2) is 6.87. The summed E-state index contributed by atoms with van der Waals surface area (Å²) in [6, 6.07) is 0. The first-order valence-electron chi connectivity index (χ1n) is 11.6. The van der Waals surface area contributed by atoms with Crippen molar-refractivity contribution in [3.05, 3.63) is 12.2 Å². The Hall–Kier alpha value is -1.81. The second-order valence-corrected chi connectivity index (χ2v) is 11.1. The summed E-state index contributed by atoms with van der Waals surface area (Å²) >= 11 is 0. The number of hydrogen-bond donors (Lipinski definition) is 3. The van der Waals surface area contributed by atoms with Gasteiger partial charge in [-0.2, -0.15) is 0 Å². The predicted octanol–water partition coefficient (Wildman–Crippen LogP) is 0.490. The van der Waals surface area contributed by atoms with Crippen LogP contribution in [0.3, 0.4) is 0 Å². The number of carbonyl (C=O) groups is 3. The van der Waals surface area contributed by atoms with Crippen molar-refractivity contribution in [2.45, 2.75) is 70.6 Å². The standard InChI is InChI=1S/C24H32O9/c1-11-14-7-15(33-13(3)26)17-22-10-32-24(30,23(17,8-14)19(11)28)20(29)18(22)21(4,6-5-16(22)27)9-31-12(2)25/h14-18,20,27,29-30H,1,5-10H2,2-4H3/t14-,15-,16+,17+,18-,20+,21+,22+,23+,24-/m1/s1. The fraction of sp³-hybridized carbons (Fsp3) is 0.792. The van der Waals surface area contributed by atoms with Crippen LogP contribution in [-0.2, 0) is 28.6 Å². The molecule has 9 nitrogen and oxygen atoms in total. The molecule has 0 aromatic carbocycles. The number of ether oxygens (including phenoxy) is 3. The van der Waals surface area contributed by atoms with E-state index >= 15 is 0 Å². The van der Waals surface area contributed by atoms with Crippen LogP contribution in [0.4, 0.5) is 0 Å². The number of aliphatic hydroxyl groups is 3. The van der Waals surface area contributed by atoms with Crippen LogP contribution >= 0.6 is 0 Å². The largest absolute Gasteiger partial charge is 0.465 e. The van der Waals surface area contributed by atoms with Crippen molar-refractivity contribution in [3.63, 3.8) is 0 Å². The van der Waals surface area contributed by atoms with E-state index in [0.717, 1.165) is 0 Å². The highest BCUT2D eigenvalue weighted by atomic mass is 16.6. The fourth-order valence-electron chi connectivity index (χ4n) is 8.44. The predicted molar refractivity (Wildman–Crippen MR) is 111 cm³/mol. The van der Waals surface area contributed by atoms with Crippen LogP contribution in [0.15, 0.2) is 12.2 Å². The molecule has 0 radical (unpaired) electrons. The van der Waals surface area contributed by atoms with E-state index in [4.69, 9.17) is 14.2 Å². The normalized spacial score (nSPS) is 52.2. The first kappa shape index (κ1) is 23.0. The van der Waals surface area contributed by atoms with E-state index in [1.54, 1.807) is 0 Å². The lowest BCUT2D eigenvalue weighted by Gasteiger charge is -2.74. The van der Waals surface area contributed by atoms with E-state index in [9.17, 15) is 29.7 Å². The number of carbonyl (C=O) groups excluding carboxylic acids is 3. The average molecular weight is 465 g/mol. The average Bonchev–Trinajstić information content (AvgIpc) is 2.93. The highest BCUT2D eigenvalue weighted by molar-refractivity contribution is 6.04. The summed E-state index contributed by atoms with van der Waals surface area (Å²) in [6.45, 7) is 8.27. The van der Waals surface area contributed by atoms with Gasteiger partial charge in [0.05, 0.1) is 24.7 Å². The summed E-state index contributed by atoms with van der Waals surface area (Å²) in [6.07, 6.45) is -1.95. The van der Waals surface area contributed by atoms with Crippen molar-refractivity contribution in [2.24, 2.45) is 34.0 Å². The maximum atomic E-state index is 13.7. The molecule has 2 saturated heterocycles. The number of hydrogen-bond acceptors (Lipinski definition) is 9. The number of aliphatic hydroxyl groups excluding tert-OH is 2. The van der Waals surface area contributed by atoms with Gasteiger partial charge in [0.15, 0.2) is 5.78 Å². The Bertz CT molecular complexity index is 946. The topological polar surface area (TPSA) is 140 Å². The van der Waals surface area contributed by atoms with E-state index in [2.05, 4.69) is 6.58 Å². The van der Waals surface area contributed by atoms with E-state index < -0.39 is 69.9 Å². The SMILES string of the molecule is C=C1C(=O)[C@]23C[C@H]1C[C@@H](OC(C)=O)[C@H]2[C@@]12CO[C@]3(O)[C@@H](O)[C@@H]1[C@](C)(COC(C)=O)CC[C@@H]2O. The van der Waals surface area contributed by atoms with Gasteiger partial charge in [0.2, 0.25) is 5.79 Å².